The summed E-state index contributed by atoms with van der Waals surface area (Å²) in [6, 6.07) is 0.0543. The fourth-order valence-electron chi connectivity index (χ4n) is 3.72. The highest BCUT2D eigenvalue weighted by Crippen LogP contribution is 2.33. The Labute approximate surface area is 158 Å². The first-order chi connectivity index (χ1) is 12.5. The minimum absolute atomic E-state index is 0.0543. The Hall–Kier alpha value is -2.02. The van der Waals surface area contributed by atoms with Gasteiger partial charge in [-0.25, -0.2) is 9.97 Å². The van der Waals surface area contributed by atoms with Crippen LogP contribution in [0, 0.1) is 12.8 Å². The van der Waals surface area contributed by atoms with Crippen LogP contribution in [-0.2, 0) is 19.4 Å². The molecule has 1 atom stereocenters. The van der Waals surface area contributed by atoms with Gasteiger partial charge in [-0.2, -0.15) is 0 Å². The average Bonchev–Trinajstić information content (AvgIpc) is 3.18. The van der Waals surface area contributed by atoms with Crippen molar-refractivity contribution >= 4 is 27.4 Å². The zero-order valence-corrected chi connectivity index (χ0v) is 16.7. The summed E-state index contributed by atoms with van der Waals surface area (Å²) in [5.74, 6) is 4.44. The van der Waals surface area contributed by atoms with Crippen molar-refractivity contribution in [2.24, 2.45) is 5.92 Å². The maximum atomic E-state index is 4.73. The van der Waals surface area contributed by atoms with Gasteiger partial charge in [-0.15, -0.1) is 21.5 Å². The maximum absolute atomic E-state index is 4.73. The third-order valence-corrected chi connectivity index (χ3v) is 5.80. The summed E-state index contributed by atoms with van der Waals surface area (Å²) in [5, 5.41) is 15.9. The molecule has 3 aromatic heterocycles. The Morgan fingerprint density at radius 2 is 2.04 bits per heavy atom. The van der Waals surface area contributed by atoms with E-state index in [0.29, 0.717) is 5.92 Å². The second-order valence-corrected chi connectivity index (χ2v) is 8.47. The van der Waals surface area contributed by atoms with E-state index in [0.717, 1.165) is 47.5 Å². The summed E-state index contributed by atoms with van der Waals surface area (Å²) in [7, 11) is 0. The highest BCUT2D eigenvalue weighted by molar-refractivity contribution is 7.17. The number of hydrogen-bond donors (Lipinski definition) is 1. The van der Waals surface area contributed by atoms with E-state index in [1.54, 1.807) is 11.3 Å². The van der Waals surface area contributed by atoms with Crippen LogP contribution in [0.25, 0.3) is 10.2 Å². The van der Waals surface area contributed by atoms with Crippen molar-refractivity contribution in [1.82, 2.24) is 24.7 Å². The zero-order valence-electron chi connectivity index (χ0n) is 15.9. The van der Waals surface area contributed by atoms with Crippen LogP contribution in [0.2, 0.25) is 0 Å². The molecule has 0 saturated carbocycles. The van der Waals surface area contributed by atoms with E-state index >= 15 is 0 Å². The van der Waals surface area contributed by atoms with E-state index in [2.05, 4.69) is 51.2 Å². The first-order valence-corrected chi connectivity index (χ1v) is 10.3. The van der Waals surface area contributed by atoms with Gasteiger partial charge in [0.2, 0.25) is 0 Å². The minimum atomic E-state index is 0.0543. The number of anilines is 1. The number of thiophene rings is 1. The Balaban J connectivity index is 1.70. The van der Waals surface area contributed by atoms with Gasteiger partial charge in [0.25, 0.3) is 0 Å². The molecule has 6 nitrogen and oxygen atoms in total. The summed E-state index contributed by atoms with van der Waals surface area (Å²) in [4.78, 5) is 10.4. The van der Waals surface area contributed by atoms with Gasteiger partial charge in [-0.3, -0.25) is 0 Å². The first kappa shape index (κ1) is 17.4. The zero-order chi connectivity index (χ0) is 18.3. The van der Waals surface area contributed by atoms with E-state index < -0.39 is 0 Å². The highest BCUT2D eigenvalue weighted by Gasteiger charge is 2.22. The van der Waals surface area contributed by atoms with Crippen LogP contribution in [0.5, 0.6) is 0 Å². The quantitative estimate of drug-likeness (QED) is 0.725. The van der Waals surface area contributed by atoms with Crippen molar-refractivity contribution in [3.8, 4) is 0 Å². The monoisotopic (exact) mass is 370 g/mol. The standard InChI is InChI=1S/C19H26N6S/c1-11(2)9-14-10-26-19-16(14)17(21-13(4)22-19)20-12(3)18-24-23-15-7-5-6-8-25(15)18/h10-12H,5-9H2,1-4H3,(H,20,21,22). The largest absolute Gasteiger partial charge is 0.360 e. The van der Waals surface area contributed by atoms with Crippen molar-refractivity contribution in [2.45, 2.75) is 66.0 Å². The molecule has 0 bridgehead atoms. The molecule has 4 rings (SSSR count). The fourth-order valence-corrected chi connectivity index (χ4v) is 4.72. The van der Waals surface area contributed by atoms with Crippen LogP contribution in [0.3, 0.4) is 0 Å². The van der Waals surface area contributed by atoms with Gasteiger partial charge in [0, 0.05) is 13.0 Å². The number of nitrogens with zero attached hydrogens (tertiary/aromatic N) is 5. The number of nitrogens with one attached hydrogen (secondary N) is 1. The summed E-state index contributed by atoms with van der Waals surface area (Å²) >= 11 is 1.71. The first-order valence-electron chi connectivity index (χ1n) is 9.46. The second-order valence-electron chi connectivity index (χ2n) is 7.61. The SMILES string of the molecule is Cc1nc(NC(C)c2nnc3n2CCCC3)c2c(CC(C)C)csc2n1. The lowest BCUT2D eigenvalue weighted by Gasteiger charge is -2.20. The van der Waals surface area contributed by atoms with Crippen LogP contribution < -0.4 is 5.32 Å². The summed E-state index contributed by atoms with van der Waals surface area (Å²) in [6.45, 7) is 9.60. The molecule has 0 aliphatic carbocycles. The smallest absolute Gasteiger partial charge is 0.155 e. The number of hydrogen-bond acceptors (Lipinski definition) is 6. The molecule has 1 unspecified atom stereocenters. The Morgan fingerprint density at radius 1 is 1.19 bits per heavy atom. The Morgan fingerprint density at radius 3 is 2.85 bits per heavy atom. The molecule has 1 N–H and O–H groups in total. The molecule has 0 radical (unpaired) electrons. The van der Waals surface area contributed by atoms with Crippen molar-refractivity contribution < 1.29 is 0 Å². The molecule has 0 spiro atoms. The van der Waals surface area contributed by atoms with Gasteiger partial charge in [-0.05, 0) is 50.0 Å². The van der Waals surface area contributed by atoms with Crippen LogP contribution in [-0.4, -0.2) is 24.7 Å². The third-order valence-electron chi connectivity index (χ3n) is 4.88. The molecule has 4 heterocycles. The molecule has 0 fully saturated rings. The molecular formula is C19H26N6S. The van der Waals surface area contributed by atoms with Crippen LogP contribution in [0.1, 0.15) is 62.7 Å². The predicted molar refractivity (Wildman–Crippen MR) is 106 cm³/mol. The van der Waals surface area contributed by atoms with Gasteiger partial charge in [0.05, 0.1) is 11.4 Å². The number of aromatic nitrogens is 5. The lowest BCUT2D eigenvalue weighted by atomic mass is 10.0. The molecular weight excluding hydrogens is 344 g/mol. The maximum Gasteiger partial charge on any atom is 0.155 e. The van der Waals surface area contributed by atoms with E-state index in [-0.39, 0.29) is 6.04 Å². The molecule has 7 heteroatoms. The van der Waals surface area contributed by atoms with Gasteiger partial charge < -0.3 is 9.88 Å². The number of aryl methyl sites for hydroxylation is 2. The molecule has 26 heavy (non-hydrogen) atoms. The summed E-state index contributed by atoms with van der Waals surface area (Å²) in [5.41, 5.74) is 1.33. The fraction of sp³-hybridized carbons (Fsp3) is 0.579. The Bertz CT molecular complexity index is 926. The van der Waals surface area contributed by atoms with E-state index in [1.807, 2.05) is 6.92 Å². The van der Waals surface area contributed by atoms with Gasteiger partial charge >= 0.3 is 0 Å². The van der Waals surface area contributed by atoms with Gasteiger partial charge in [0.15, 0.2) is 5.82 Å². The lowest BCUT2D eigenvalue weighted by Crippen LogP contribution is -2.18. The van der Waals surface area contributed by atoms with Crippen molar-refractivity contribution in [3.63, 3.8) is 0 Å². The predicted octanol–water partition coefficient (Wildman–Crippen LogP) is 4.30. The van der Waals surface area contributed by atoms with E-state index in [1.165, 1.54) is 23.8 Å². The normalized spacial score (nSPS) is 15.4. The molecule has 1 aliphatic heterocycles. The van der Waals surface area contributed by atoms with Crippen LogP contribution in [0.4, 0.5) is 5.82 Å². The summed E-state index contributed by atoms with van der Waals surface area (Å²) in [6.07, 6.45) is 4.47. The van der Waals surface area contributed by atoms with Crippen LogP contribution >= 0.6 is 11.3 Å². The van der Waals surface area contributed by atoms with Gasteiger partial charge in [-0.1, -0.05) is 13.8 Å². The van der Waals surface area contributed by atoms with Crippen molar-refractivity contribution in [3.05, 3.63) is 28.4 Å². The highest BCUT2D eigenvalue weighted by atomic mass is 32.1. The molecule has 0 aromatic carbocycles. The molecule has 0 amide bonds. The topological polar surface area (TPSA) is 68.5 Å². The van der Waals surface area contributed by atoms with Gasteiger partial charge in [0.1, 0.15) is 22.3 Å². The molecule has 138 valence electrons. The van der Waals surface area contributed by atoms with Crippen molar-refractivity contribution in [1.29, 1.82) is 0 Å². The number of fused-ring (bicyclic) bond motifs is 2. The van der Waals surface area contributed by atoms with E-state index in [9.17, 15) is 0 Å². The van der Waals surface area contributed by atoms with E-state index in [4.69, 9.17) is 4.98 Å². The summed E-state index contributed by atoms with van der Waals surface area (Å²) < 4.78 is 2.27. The third kappa shape index (κ3) is 3.20. The Kier molecular flexibility index (Phi) is 4.65. The van der Waals surface area contributed by atoms with Crippen LogP contribution in [0.15, 0.2) is 5.38 Å². The van der Waals surface area contributed by atoms with Crippen molar-refractivity contribution in [2.75, 3.05) is 5.32 Å². The molecule has 3 aromatic rings. The molecule has 1 aliphatic rings. The molecule has 0 saturated heterocycles. The lowest BCUT2D eigenvalue weighted by molar-refractivity contribution is 0.500. The minimum Gasteiger partial charge on any atom is -0.360 e. The average molecular weight is 371 g/mol. The number of rotatable bonds is 5. The second kappa shape index (κ2) is 6.95.